The van der Waals surface area contributed by atoms with E-state index in [9.17, 15) is 12.8 Å². The third-order valence-corrected chi connectivity index (χ3v) is 4.80. The summed E-state index contributed by atoms with van der Waals surface area (Å²) in [6.07, 6.45) is 3.59. The molecule has 3 aromatic rings. The number of imidazole rings is 1. The molecule has 7 heteroatoms. The Bertz CT molecular complexity index is 964. The Labute approximate surface area is 127 Å². The third-order valence-electron chi connectivity index (χ3n) is 3.27. The second kappa shape index (κ2) is 5.10. The first-order chi connectivity index (χ1) is 10.4. The Morgan fingerprint density at radius 2 is 2.00 bits per heavy atom. The van der Waals surface area contributed by atoms with Gasteiger partial charge in [-0.25, -0.2) is 17.8 Å². The lowest BCUT2D eigenvalue weighted by molar-refractivity contribution is 0.598. The van der Waals surface area contributed by atoms with Gasteiger partial charge in [0.1, 0.15) is 5.82 Å². The summed E-state index contributed by atoms with van der Waals surface area (Å²) in [4.78, 5) is 4.34. The van der Waals surface area contributed by atoms with Gasteiger partial charge in [-0.05, 0) is 49.7 Å². The highest BCUT2D eigenvalue weighted by molar-refractivity contribution is 7.92. The molecule has 2 heterocycles. The average Bonchev–Trinajstić information content (AvgIpc) is 2.79. The lowest BCUT2D eigenvalue weighted by Crippen LogP contribution is -2.15. The number of rotatable bonds is 3. The molecule has 0 saturated carbocycles. The van der Waals surface area contributed by atoms with Gasteiger partial charge in [0.2, 0.25) is 0 Å². The molecular formula is C15H14FN3O2S. The number of halogens is 1. The summed E-state index contributed by atoms with van der Waals surface area (Å²) < 4.78 is 42.4. The van der Waals surface area contributed by atoms with E-state index in [2.05, 4.69) is 9.71 Å². The summed E-state index contributed by atoms with van der Waals surface area (Å²) in [5.41, 5.74) is 2.02. The normalized spacial score (nSPS) is 11.8. The second-order valence-electron chi connectivity index (χ2n) is 5.05. The van der Waals surface area contributed by atoms with E-state index >= 15 is 0 Å². The topological polar surface area (TPSA) is 63.5 Å². The number of anilines is 1. The monoisotopic (exact) mass is 319 g/mol. The quantitative estimate of drug-likeness (QED) is 0.807. The first kappa shape index (κ1) is 14.5. The van der Waals surface area contributed by atoms with Crippen LogP contribution < -0.4 is 4.72 Å². The van der Waals surface area contributed by atoms with Gasteiger partial charge in [0.05, 0.1) is 16.3 Å². The summed E-state index contributed by atoms with van der Waals surface area (Å²) in [5, 5.41) is 0. The van der Waals surface area contributed by atoms with E-state index in [1.807, 2.05) is 6.92 Å². The standard InChI is InChI=1S/C15H14FN3O2S/c1-10-8-12(16)5-6-14(10)22(20,21)18-13-4-3-7-19-9-11(2)17-15(13)19/h3-9,18H,1-2H3. The number of nitrogens with zero attached hydrogens (tertiary/aromatic N) is 2. The van der Waals surface area contributed by atoms with Crippen molar-refractivity contribution in [3.63, 3.8) is 0 Å². The highest BCUT2D eigenvalue weighted by atomic mass is 32.2. The third kappa shape index (κ3) is 2.55. The summed E-state index contributed by atoms with van der Waals surface area (Å²) in [5.74, 6) is -0.470. The highest BCUT2D eigenvalue weighted by Crippen LogP contribution is 2.23. The van der Waals surface area contributed by atoms with Crippen LogP contribution in [0.25, 0.3) is 5.65 Å². The molecule has 5 nitrogen and oxygen atoms in total. The van der Waals surface area contributed by atoms with E-state index < -0.39 is 15.8 Å². The van der Waals surface area contributed by atoms with Crippen LogP contribution in [0, 0.1) is 19.7 Å². The molecule has 1 N–H and O–H groups in total. The lowest BCUT2D eigenvalue weighted by Gasteiger charge is -2.11. The van der Waals surface area contributed by atoms with E-state index in [1.165, 1.54) is 12.1 Å². The molecule has 0 unspecified atom stereocenters. The number of pyridine rings is 1. The minimum absolute atomic E-state index is 0.0409. The number of hydrogen-bond acceptors (Lipinski definition) is 3. The first-order valence-corrected chi connectivity index (χ1v) is 8.08. The predicted molar refractivity (Wildman–Crippen MR) is 81.9 cm³/mol. The summed E-state index contributed by atoms with van der Waals surface area (Å²) >= 11 is 0. The summed E-state index contributed by atoms with van der Waals surface area (Å²) in [6.45, 7) is 3.38. The minimum atomic E-state index is -3.81. The maximum absolute atomic E-state index is 13.1. The first-order valence-electron chi connectivity index (χ1n) is 6.60. The molecule has 0 bridgehead atoms. The van der Waals surface area contributed by atoms with Crippen LogP contribution in [-0.4, -0.2) is 17.8 Å². The molecule has 0 aliphatic heterocycles. The predicted octanol–water partition coefficient (Wildman–Crippen LogP) is 2.89. The molecule has 3 rings (SSSR count). The highest BCUT2D eigenvalue weighted by Gasteiger charge is 2.19. The number of aryl methyl sites for hydroxylation is 2. The van der Waals surface area contributed by atoms with Gasteiger partial charge < -0.3 is 4.40 Å². The van der Waals surface area contributed by atoms with Crippen LogP contribution in [-0.2, 0) is 10.0 Å². The van der Waals surface area contributed by atoms with E-state index in [1.54, 1.807) is 35.9 Å². The van der Waals surface area contributed by atoms with Crippen molar-refractivity contribution in [3.05, 3.63) is 59.8 Å². The van der Waals surface area contributed by atoms with Crippen LogP contribution in [0.2, 0.25) is 0 Å². The van der Waals surface area contributed by atoms with E-state index in [0.717, 1.165) is 11.8 Å². The Morgan fingerprint density at radius 1 is 1.23 bits per heavy atom. The number of benzene rings is 1. The Morgan fingerprint density at radius 3 is 2.73 bits per heavy atom. The van der Waals surface area contributed by atoms with Gasteiger partial charge >= 0.3 is 0 Å². The van der Waals surface area contributed by atoms with Crippen molar-refractivity contribution in [2.45, 2.75) is 18.7 Å². The van der Waals surface area contributed by atoms with Crippen LogP contribution >= 0.6 is 0 Å². The van der Waals surface area contributed by atoms with Gasteiger partial charge in [0.15, 0.2) is 5.65 Å². The fourth-order valence-electron chi connectivity index (χ4n) is 2.33. The van der Waals surface area contributed by atoms with Crippen molar-refractivity contribution >= 4 is 21.4 Å². The lowest BCUT2D eigenvalue weighted by atomic mass is 10.2. The molecule has 0 amide bonds. The van der Waals surface area contributed by atoms with Crippen LogP contribution in [0.15, 0.2) is 47.6 Å². The maximum Gasteiger partial charge on any atom is 0.262 e. The molecule has 0 saturated heterocycles. The number of aromatic nitrogens is 2. The van der Waals surface area contributed by atoms with Crippen molar-refractivity contribution < 1.29 is 12.8 Å². The minimum Gasteiger partial charge on any atom is -0.305 e. The Kier molecular flexibility index (Phi) is 3.37. The molecule has 0 fully saturated rings. The van der Waals surface area contributed by atoms with E-state index in [-0.39, 0.29) is 4.90 Å². The summed E-state index contributed by atoms with van der Waals surface area (Å²) in [7, 11) is -3.81. The Hall–Kier alpha value is -2.41. The molecule has 1 aromatic carbocycles. The Balaban J connectivity index is 2.07. The van der Waals surface area contributed by atoms with Gasteiger partial charge in [-0.15, -0.1) is 0 Å². The van der Waals surface area contributed by atoms with Crippen molar-refractivity contribution in [2.24, 2.45) is 0 Å². The largest absolute Gasteiger partial charge is 0.305 e. The zero-order chi connectivity index (χ0) is 15.9. The molecular weight excluding hydrogens is 305 g/mol. The maximum atomic E-state index is 13.1. The van der Waals surface area contributed by atoms with Crippen molar-refractivity contribution in [1.29, 1.82) is 0 Å². The van der Waals surface area contributed by atoms with Gasteiger partial charge in [0, 0.05) is 12.4 Å². The molecule has 22 heavy (non-hydrogen) atoms. The van der Waals surface area contributed by atoms with Crippen molar-refractivity contribution in [3.8, 4) is 0 Å². The van der Waals surface area contributed by atoms with Crippen molar-refractivity contribution in [2.75, 3.05) is 4.72 Å². The van der Waals surface area contributed by atoms with Gasteiger partial charge in [-0.1, -0.05) is 0 Å². The molecule has 2 aromatic heterocycles. The molecule has 114 valence electrons. The number of fused-ring (bicyclic) bond motifs is 1. The summed E-state index contributed by atoms with van der Waals surface area (Å²) in [6, 6.07) is 6.93. The van der Waals surface area contributed by atoms with Gasteiger partial charge in [-0.2, -0.15) is 0 Å². The number of nitrogens with one attached hydrogen (secondary N) is 1. The van der Waals surface area contributed by atoms with Crippen LogP contribution in [0.3, 0.4) is 0 Å². The fraction of sp³-hybridized carbons (Fsp3) is 0.133. The second-order valence-corrected chi connectivity index (χ2v) is 6.70. The number of sulfonamides is 1. The number of hydrogen-bond donors (Lipinski definition) is 1. The SMILES string of the molecule is Cc1cn2cccc(NS(=O)(=O)c3ccc(F)cc3C)c2n1. The molecule has 0 aliphatic carbocycles. The van der Waals surface area contributed by atoms with Crippen molar-refractivity contribution in [1.82, 2.24) is 9.38 Å². The zero-order valence-corrected chi connectivity index (χ0v) is 12.9. The fourth-order valence-corrected chi connectivity index (χ4v) is 3.62. The van der Waals surface area contributed by atoms with Crippen LogP contribution in [0.5, 0.6) is 0 Å². The van der Waals surface area contributed by atoms with Gasteiger partial charge in [-0.3, -0.25) is 4.72 Å². The zero-order valence-electron chi connectivity index (χ0n) is 12.0. The molecule has 0 aliphatic rings. The van der Waals surface area contributed by atoms with Gasteiger partial charge in [0.25, 0.3) is 10.0 Å². The van der Waals surface area contributed by atoms with Crippen LogP contribution in [0.1, 0.15) is 11.3 Å². The van der Waals surface area contributed by atoms with Crippen LogP contribution in [0.4, 0.5) is 10.1 Å². The van der Waals surface area contributed by atoms with E-state index in [4.69, 9.17) is 0 Å². The molecule has 0 spiro atoms. The molecule has 0 radical (unpaired) electrons. The smallest absolute Gasteiger partial charge is 0.262 e. The van der Waals surface area contributed by atoms with E-state index in [0.29, 0.717) is 16.9 Å². The average molecular weight is 319 g/mol. The molecule has 0 atom stereocenters.